The van der Waals surface area contributed by atoms with Gasteiger partial charge in [0.2, 0.25) is 5.91 Å². The third kappa shape index (κ3) is 3.56. The van der Waals surface area contributed by atoms with Gasteiger partial charge in [0.05, 0.1) is 11.8 Å². The Morgan fingerprint density at radius 2 is 1.83 bits per heavy atom. The maximum atomic E-state index is 13.5. The first kappa shape index (κ1) is 16.1. The van der Waals surface area contributed by atoms with Gasteiger partial charge in [-0.25, -0.2) is 13.8 Å². The van der Waals surface area contributed by atoms with Crippen molar-refractivity contribution in [1.82, 2.24) is 5.01 Å². The van der Waals surface area contributed by atoms with E-state index in [0.717, 1.165) is 0 Å². The largest absolute Gasteiger partial charge is 0.273 e. The van der Waals surface area contributed by atoms with Gasteiger partial charge in [0.15, 0.2) is 0 Å². The number of hydrogen-bond donors (Lipinski definition) is 0. The Morgan fingerprint density at radius 3 is 2.50 bits per heavy atom. The van der Waals surface area contributed by atoms with Crippen molar-refractivity contribution < 1.29 is 13.6 Å². The minimum Gasteiger partial charge on any atom is -0.273 e. The maximum Gasteiger partial charge on any atom is 0.240 e. The molecule has 1 heterocycles. The summed E-state index contributed by atoms with van der Waals surface area (Å²) in [6.07, 6.45) is 3.98. The molecule has 24 heavy (non-hydrogen) atoms. The van der Waals surface area contributed by atoms with Crippen molar-refractivity contribution in [3.05, 3.63) is 77.4 Å². The molecule has 5 heteroatoms. The molecule has 1 atom stereocenters. The molecule has 0 saturated carbocycles. The summed E-state index contributed by atoms with van der Waals surface area (Å²) in [7, 11) is 0. The van der Waals surface area contributed by atoms with Crippen molar-refractivity contribution in [2.45, 2.75) is 19.4 Å². The van der Waals surface area contributed by atoms with Gasteiger partial charge in [0, 0.05) is 13.3 Å². The van der Waals surface area contributed by atoms with E-state index >= 15 is 0 Å². The van der Waals surface area contributed by atoms with Crippen LogP contribution in [0.25, 0.3) is 6.08 Å². The van der Waals surface area contributed by atoms with E-state index in [2.05, 4.69) is 5.10 Å². The topological polar surface area (TPSA) is 32.7 Å². The molecule has 3 rings (SSSR count). The van der Waals surface area contributed by atoms with E-state index in [1.54, 1.807) is 36.4 Å². The number of hydrogen-bond acceptors (Lipinski definition) is 2. The van der Waals surface area contributed by atoms with Gasteiger partial charge in [0.25, 0.3) is 0 Å². The summed E-state index contributed by atoms with van der Waals surface area (Å²) in [6, 6.07) is 12.0. The molecule has 1 aliphatic heterocycles. The van der Waals surface area contributed by atoms with Crippen LogP contribution in [0.5, 0.6) is 0 Å². The molecule has 1 amide bonds. The van der Waals surface area contributed by atoms with E-state index in [-0.39, 0.29) is 23.6 Å². The molecule has 0 aliphatic carbocycles. The van der Waals surface area contributed by atoms with E-state index < -0.39 is 0 Å². The first-order valence-electron chi connectivity index (χ1n) is 7.59. The molecule has 0 saturated heterocycles. The van der Waals surface area contributed by atoms with E-state index in [4.69, 9.17) is 0 Å². The smallest absolute Gasteiger partial charge is 0.240 e. The molecule has 0 fully saturated rings. The molecule has 122 valence electrons. The van der Waals surface area contributed by atoms with Gasteiger partial charge in [-0.3, -0.25) is 4.79 Å². The Bertz CT molecular complexity index is 830. The normalized spacial score (nSPS) is 17.4. The monoisotopic (exact) mass is 326 g/mol. The molecule has 0 radical (unpaired) electrons. The number of amides is 1. The van der Waals surface area contributed by atoms with Crippen LogP contribution >= 0.6 is 0 Å². The van der Waals surface area contributed by atoms with E-state index in [0.29, 0.717) is 23.3 Å². The van der Waals surface area contributed by atoms with Gasteiger partial charge in [-0.1, -0.05) is 30.3 Å². The summed E-state index contributed by atoms with van der Waals surface area (Å²) in [5.74, 6) is -0.869. The zero-order valence-corrected chi connectivity index (χ0v) is 13.1. The van der Waals surface area contributed by atoms with Crippen molar-refractivity contribution in [3.63, 3.8) is 0 Å². The second-order valence-corrected chi connectivity index (χ2v) is 5.62. The molecule has 3 nitrogen and oxygen atoms in total. The Hall–Kier alpha value is -2.82. The van der Waals surface area contributed by atoms with Crippen LogP contribution in [-0.4, -0.2) is 16.6 Å². The zero-order valence-electron chi connectivity index (χ0n) is 13.1. The third-order valence-corrected chi connectivity index (χ3v) is 3.81. The molecular formula is C19H16F2N2O. The van der Waals surface area contributed by atoms with Crippen LogP contribution in [0.2, 0.25) is 0 Å². The second-order valence-electron chi connectivity index (χ2n) is 5.62. The fourth-order valence-electron chi connectivity index (χ4n) is 2.70. The number of carbonyl (C=O) groups is 1. The summed E-state index contributed by atoms with van der Waals surface area (Å²) in [5, 5.41) is 5.67. The standard InChI is InChI=1S/C19H16F2N2O/c1-13(24)23-19(15-5-3-7-17(21)11-15)12-18(22-23)9-8-14-4-2-6-16(20)10-14/h2-11,19H,12H2,1H3/b9-8+. The van der Waals surface area contributed by atoms with Crippen LogP contribution < -0.4 is 0 Å². The van der Waals surface area contributed by atoms with Gasteiger partial charge in [-0.15, -0.1) is 0 Å². The number of benzene rings is 2. The van der Waals surface area contributed by atoms with Crippen LogP contribution in [-0.2, 0) is 4.79 Å². The Morgan fingerprint density at radius 1 is 1.12 bits per heavy atom. The number of halogens is 2. The molecular weight excluding hydrogens is 310 g/mol. The van der Waals surface area contributed by atoms with E-state index in [9.17, 15) is 13.6 Å². The molecule has 0 N–H and O–H groups in total. The van der Waals surface area contributed by atoms with Crippen LogP contribution in [0.4, 0.5) is 8.78 Å². The lowest BCUT2D eigenvalue weighted by Crippen LogP contribution is -2.24. The van der Waals surface area contributed by atoms with Gasteiger partial charge in [0.1, 0.15) is 11.6 Å². The Kier molecular flexibility index (Phi) is 4.51. The lowest BCUT2D eigenvalue weighted by atomic mass is 10.0. The van der Waals surface area contributed by atoms with Gasteiger partial charge in [-0.05, 0) is 41.5 Å². The highest BCUT2D eigenvalue weighted by atomic mass is 19.1. The summed E-state index contributed by atoms with van der Waals surface area (Å²) < 4.78 is 26.7. The Balaban J connectivity index is 1.83. The van der Waals surface area contributed by atoms with Gasteiger partial charge in [-0.2, -0.15) is 5.10 Å². The first-order valence-corrected chi connectivity index (χ1v) is 7.59. The van der Waals surface area contributed by atoms with Gasteiger partial charge >= 0.3 is 0 Å². The van der Waals surface area contributed by atoms with Crippen molar-refractivity contribution in [2.75, 3.05) is 0 Å². The molecule has 1 unspecified atom stereocenters. The average Bonchev–Trinajstić information content (AvgIpc) is 2.98. The van der Waals surface area contributed by atoms with Crippen molar-refractivity contribution in [2.24, 2.45) is 5.10 Å². The first-order chi connectivity index (χ1) is 11.5. The fourth-order valence-corrected chi connectivity index (χ4v) is 2.70. The maximum absolute atomic E-state index is 13.5. The van der Waals surface area contributed by atoms with Crippen LogP contribution in [0, 0.1) is 11.6 Å². The summed E-state index contributed by atoms with van der Waals surface area (Å²) in [6.45, 7) is 1.43. The highest BCUT2D eigenvalue weighted by Gasteiger charge is 2.29. The van der Waals surface area contributed by atoms with Crippen LogP contribution in [0.1, 0.15) is 30.5 Å². The molecule has 2 aromatic carbocycles. The quantitative estimate of drug-likeness (QED) is 0.826. The highest BCUT2D eigenvalue weighted by Crippen LogP contribution is 2.31. The average molecular weight is 326 g/mol. The predicted octanol–water partition coefficient (Wildman–Crippen LogP) is 4.33. The van der Waals surface area contributed by atoms with Crippen LogP contribution in [0.15, 0.2) is 59.7 Å². The van der Waals surface area contributed by atoms with E-state index in [1.807, 2.05) is 0 Å². The summed E-state index contributed by atoms with van der Waals surface area (Å²) in [4.78, 5) is 11.8. The predicted molar refractivity (Wildman–Crippen MR) is 89.1 cm³/mol. The Labute approximate surface area is 138 Å². The van der Waals surface area contributed by atoms with Crippen molar-refractivity contribution in [1.29, 1.82) is 0 Å². The molecule has 0 bridgehead atoms. The lowest BCUT2D eigenvalue weighted by molar-refractivity contribution is -0.130. The molecule has 2 aromatic rings. The lowest BCUT2D eigenvalue weighted by Gasteiger charge is -2.20. The molecule has 0 spiro atoms. The summed E-state index contributed by atoms with van der Waals surface area (Å²) >= 11 is 0. The number of nitrogens with zero attached hydrogens (tertiary/aromatic N) is 2. The summed E-state index contributed by atoms with van der Waals surface area (Å²) in [5.41, 5.74) is 2.09. The minimum absolute atomic E-state index is 0.210. The van der Waals surface area contributed by atoms with Gasteiger partial charge < -0.3 is 0 Å². The van der Waals surface area contributed by atoms with E-state index in [1.165, 1.54) is 36.2 Å². The number of carbonyl (C=O) groups excluding carboxylic acids is 1. The number of hydrazone groups is 1. The number of rotatable bonds is 3. The van der Waals surface area contributed by atoms with Crippen molar-refractivity contribution >= 4 is 17.7 Å². The SMILES string of the molecule is CC(=O)N1N=C(/C=C/c2cccc(F)c2)CC1c1cccc(F)c1. The highest BCUT2D eigenvalue weighted by molar-refractivity contribution is 6.00. The fraction of sp³-hybridized carbons (Fsp3) is 0.158. The second kappa shape index (κ2) is 6.74. The number of allylic oxidation sites excluding steroid dienone is 1. The van der Waals surface area contributed by atoms with Crippen LogP contribution in [0.3, 0.4) is 0 Å². The molecule has 1 aliphatic rings. The molecule has 0 aromatic heterocycles. The zero-order chi connectivity index (χ0) is 17.1. The van der Waals surface area contributed by atoms with Crippen molar-refractivity contribution in [3.8, 4) is 0 Å². The third-order valence-electron chi connectivity index (χ3n) is 3.81. The minimum atomic E-state index is -0.347.